The Balaban J connectivity index is 0.000000116. The zero-order chi connectivity index (χ0) is 80.3. The van der Waals surface area contributed by atoms with Crippen molar-refractivity contribution in [2.24, 2.45) is 28.2 Å². The summed E-state index contributed by atoms with van der Waals surface area (Å²) in [6.07, 6.45) is 41.0. The highest BCUT2D eigenvalue weighted by Crippen LogP contribution is 2.35. The Kier molecular flexibility index (Phi) is 23.4. The van der Waals surface area contributed by atoms with Gasteiger partial charge in [0.1, 0.15) is 47.7 Å². The predicted octanol–water partition coefficient (Wildman–Crippen LogP) is 8.85. The molecule has 8 N–H and O–H groups in total. The molecule has 0 fully saturated rings. The summed E-state index contributed by atoms with van der Waals surface area (Å²) in [6, 6.07) is 58.6. The zero-order valence-corrected chi connectivity index (χ0v) is 72.8. The van der Waals surface area contributed by atoms with Crippen LogP contribution in [0.1, 0.15) is 91.1 Å². The van der Waals surface area contributed by atoms with Gasteiger partial charge in [-0.15, -0.1) is 0 Å². The zero-order valence-electron chi connectivity index (χ0n) is 66.5. The first-order chi connectivity index (χ1) is 58.7. The van der Waals surface area contributed by atoms with E-state index in [1.54, 1.807) is 45.3 Å². The van der Waals surface area contributed by atoms with E-state index < -0.39 is 0 Å². The third-order valence-corrected chi connectivity index (χ3v) is 24.5. The number of aromatic nitrogens is 20. The van der Waals surface area contributed by atoms with Crippen molar-refractivity contribution in [3.8, 4) is 41.8 Å². The number of thiazole rings is 4. The van der Waals surface area contributed by atoms with Crippen molar-refractivity contribution in [2.45, 2.75) is 0 Å². The lowest BCUT2D eigenvalue weighted by atomic mass is 10.2. The maximum atomic E-state index is 4.76. The second-order valence-corrected chi connectivity index (χ2v) is 33.4. The molecule has 20 nitrogen and oxygen atoms in total. The Bertz CT molecular complexity index is 7000. The summed E-state index contributed by atoms with van der Waals surface area (Å²) in [5.41, 5.74) is 44.3. The van der Waals surface area contributed by atoms with Crippen LogP contribution in [-0.2, 0) is 28.2 Å². The first kappa shape index (κ1) is 82.4. The Morgan fingerprint density at radius 2 is 0.347 bits per heavy atom. The first-order valence-corrected chi connectivity index (χ1v) is 42.3. The standard InChI is InChI=1S/4C24H18N5S.4ClH/c4*1-29-13-24(30-14-29)22-11-21-10-19-5-4-17(26-19)8-15-2-3-16(25-15)9-18-6-7-20(27-18)12-23(22)28-21;;;;/h4*2-14,26,28H,1H3;4*1H/q4*+1;;;;/p-4. The third-order valence-electron chi connectivity index (χ3n) is 20.4. The van der Waals surface area contributed by atoms with Crippen molar-refractivity contribution < 1.29 is 67.9 Å². The largest absolute Gasteiger partial charge is 1.00 e. The Morgan fingerprint density at radius 3 is 0.516 bits per heavy atom. The summed E-state index contributed by atoms with van der Waals surface area (Å²) in [6.45, 7) is 0. The molecule has 24 heterocycles. The first-order valence-electron chi connectivity index (χ1n) is 38.8. The van der Waals surface area contributed by atoms with E-state index in [4.69, 9.17) is 19.9 Å². The third kappa shape index (κ3) is 18.6. The molecular weight excluding hydrogens is 1700 g/mol. The molecule has 28 heteroatoms. The fraction of sp³-hybridized carbons (Fsp3) is 0.0417. The van der Waals surface area contributed by atoms with E-state index in [1.165, 1.54) is 41.8 Å². The molecule has 0 aromatic carbocycles. The van der Waals surface area contributed by atoms with Gasteiger partial charge >= 0.3 is 0 Å². The molecule has 16 aromatic rings. The fourth-order valence-electron chi connectivity index (χ4n) is 15.0. The highest BCUT2D eigenvalue weighted by Gasteiger charge is 2.18. The van der Waals surface area contributed by atoms with Gasteiger partial charge in [-0.3, -0.25) is 0 Å². The molecule has 608 valence electrons. The van der Waals surface area contributed by atoms with E-state index in [9.17, 15) is 0 Å². The van der Waals surface area contributed by atoms with E-state index in [0.717, 1.165) is 179 Å². The molecule has 24 rings (SSSR count). The molecule has 0 amide bonds. The van der Waals surface area contributed by atoms with Crippen LogP contribution in [0.15, 0.2) is 217 Å². The molecule has 8 aliphatic heterocycles. The highest BCUT2D eigenvalue weighted by atomic mass is 35.5. The van der Waals surface area contributed by atoms with Gasteiger partial charge in [0, 0.05) is 111 Å². The van der Waals surface area contributed by atoms with Crippen molar-refractivity contribution in [2.75, 3.05) is 0 Å². The van der Waals surface area contributed by atoms with Crippen LogP contribution in [-0.4, -0.2) is 79.7 Å². The van der Waals surface area contributed by atoms with Crippen LogP contribution in [0.3, 0.4) is 0 Å². The van der Waals surface area contributed by atoms with Gasteiger partial charge in [-0.05, 0) is 267 Å². The molecule has 0 aliphatic carbocycles. The monoisotopic (exact) mass is 1770 g/mol. The number of fused-ring (bicyclic) bond motifs is 32. The number of aromatic amines is 8. The lowest BCUT2D eigenvalue weighted by molar-refractivity contribution is -0.666. The number of halogens is 4. The maximum Gasteiger partial charge on any atom is 0.225 e. The van der Waals surface area contributed by atoms with Crippen LogP contribution < -0.4 is 67.9 Å². The van der Waals surface area contributed by atoms with E-state index in [0.29, 0.717) is 0 Å². The molecule has 0 saturated carbocycles. The summed E-state index contributed by atoms with van der Waals surface area (Å²) < 4.78 is 8.32. The molecule has 124 heavy (non-hydrogen) atoms. The topological polar surface area (TPSA) is 245 Å². The summed E-state index contributed by atoms with van der Waals surface area (Å²) in [5, 5.41) is 0. The second-order valence-electron chi connectivity index (χ2n) is 29.9. The van der Waals surface area contributed by atoms with Crippen LogP contribution in [0.4, 0.5) is 0 Å². The Labute approximate surface area is 750 Å². The van der Waals surface area contributed by atoms with Gasteiger partial charge in [0.2, 0.25) is 22.0 Å². The van der Waals surface area contributed by atoms with Crippen LogP contribution in [0.2, 0.25) is 0 Å². The lowest BCUT2D eigenvalue weighted by Crippen LogP contribution is -3.00. The molecule has 8 aliphatic rings. The number of nitrogens with one attached hydrogen (secondary N) is 8. The molecule has 0 unspecified atom stereocenters. The second kappa shape index (κ2) is 35.3. The van der Waals surface area contributed by atoms with Crippen molar-refractivity contribution in [3.05, 3.63) is 308 Å². The fourth-order valence-corrected chi connectivity index (χ4v) is 18.4. The number of aryl methyl sites for hydroxylation is 4. The number of hydrogen-bond donors (Lipinski definition) is 8. The Morgan fingerprint density at radius 1 is 0.185 bits per heavy atom. The quantitative estimate of drug-likeness (QED) is 0.0790. The Hall–Kier alpha value is -13.9. The van der Waals surface area contributed by atoms with Gasteiger partial charge in [-0.2, -0.15) is 18.3 Å². The molecule has 32 bridgehead atoms. The van der Waals surface area contributed by atoms with E-state index >= 15 is 0 Å². The molecular formula is C96H72Cl4N20S4. The van der Waals surface area contributed by atoms with Crippen LogP contribution in [0.25, 0.3) is 227 Å². The van der Waals surface area contributed by atoms with Gasteiger partial charge in [0.25, 0.3) is 0 Å². The number of hydrogen-bond acceptors (Lipinski definition) is 12. The molecule has 0 atom stereocenters. The van der Waals surface area contributed by atoms with E-state index in [-0.39, 0.29) is 49.6 Å². The minimum Gasteiger partial charge on any atom is -1.00 e. The van der Waals surface area contributed by atoms with Gasteiger partial charge in [-0.25, -0.2) is 39.9 Å². The number of nitrogens with zero attached hydrogens (tertiary/aromatic N) is 12. The average molecular weight is 1780 g/mol. The molecule has 0 radical (unpaired) electrons. The van der Waals surface area contributed by atoms with Gasteiger partial charge in [0.15, 0.2) is 24.8 Å². The van der Waals surface area contributed by atoms with Crippen LogP contribution in [0, 0.1) is 0 Å². The molecule has 0 saturated heterocycles. The lowest BCUT2D eigenvalue weighted by Gasteiger charge is -1.90. The van der Waals surface area contributed by atoms with Gasteiger partial charge in [0.05, 0.1) is 91.1 Å². The van der Waals surface area contributed by atoms with Crippen LogP contribution in [0.5, 0.6) is 0 Å². The average Bonchev–Trinajstić information content (AvgIpc) is 1.67. The summed E-state index contributed by atoms with van der Waals surface area (Å²) in [5.74, 6) is 0. The maximum absolute atomic E-state index is 4.76. The smallest absolute Gasteiger partial charge is 0.225 e. The summed E-state index contributed by atoms with van der Waals surface area (Å²) in [7, 11) is 8.19. The molecule has 16 aromatic heterocycles. The van der Waals surface area contributed by atoms with E-state index in [1.807, 2.05) is 150 Å². The van der Waals surface area contributed by atoms with Crippen molar-refractivity contribution >= 4 is 231 Å². The van der Waals surface area contributed by atoms with Crippen molar-refractivity contribution in [1.29, 1.82) is 0 Å². The van der Waals surface area contributed by atoms with Crippen molar-refractivity contribution in [3.63, 3.8) is 0 Å². The van der Waals surface area contributed by atoms with Gasteiger partial charge < -0.3 is 89.5 Å². The minimum atomic E-state index is 0. The van der Waals surface area contributed by atoms with E-state index in [2.05, 4.69) is 270 Å². The molecule has 0 spiro atoms. The number of rotatable bonds is 4. The predicted molar refractivity (Wildman–Crippen MR) is 493 cm³/mol. The van der Waals surface area contributed by atoms with Gasteiger partial charge in [-0.1, -0.05) is 45.3 Å². The van der Waals surface area contributed by atoms with Crippen LogP contribution >= 0.6 is 45.3 Å². The summed E-state index contributed by atoms with van der Waals surface area (Å²) >= 11 is 6.91. The normalized spacial score (nSPS) is 12.2. The minimum absolute atomic E-state index is 0. The van der Waals surface area contributed by atoms with Crippen molar-refractivity contribution in [1.82, 2.24) is 79.7 Å². The number of H-pyrrole nitrogens is 8. The summed E-state index contributed by atoms with van der Waals surface area (Å²) in [4.78, 5) is 70.7. The SMILES string of the molecule is C[n+]1csc(-c2cc3cc4ccc(cc5nc(cc6nc(cc2[nH]3)C=C6)C=C5)[nH]4)c1.C[n+]1csc(-c2cc3cc4ccc(cc5nc(cc6nc(cc2[nH]3)C=C6)C=C5)[nH]4)c1.C[n+]1csc(-c2cc3cc4ccc(cc5nc(cc6nc(cc2[nH]3)C=C6)C=C5)[nH]4)c1.C[n+]1csc(-c2cc3cc4ccc(cc5nc(cc6nc(cc2[nH]3)C=C6)C=C5)[nH]4)c1.[Cl-].[Cl-].[Cl-].[Cl-]. The highest BCUT2D eigenvalue weighted by molar-refractivity contribution is 7.14.